The highest BCUT2D eigenvalue weighted by Gasteiger charge is 2.24. The molecule has 1 aliphatic carbocycles. The van der Waals surface area contributed by atoms with Gasteiger partial charge in [-0.05, 0) is 55.7 Å². The highest BCUT2D eigenvalue weighted by molar-refractivity contribution is 5.58. The predicted octanol–water partition coefficient (Wildman–Crippen LogP) is 4.24. The summed E-state index contributed by atoms with van der Waals surface area (Å²) in [6, 6.07) is 6.91. The Morgan fingerprint density at radius 3 is 2.39 bits per heavy atom. The lowest BCUT2D eigenvalue weighted by Gasteiger charge is -2.33. The molecule has 1 saturated carbocycles. The second kappa shape index (κ2) is 5.64. The first-order valence-electron chi connectivity index (χ1n) is 6.99. The zero-order valence-corrected chi connectivity index (χ0v) is 12.0. The Hall–Kier alpha value is -1.18. The van der Waals surface area contributed by atoms with Crippen molar-refractivity contribution in [3.8, 4) is 5.75 Å². The lowest BCUT2D eigenvalue weighted by molar-refractivity contribution is 0.280. The van der Waals surface area contributed by atoms with Crippen molar-refractivity contribution in [2.24, 2.45) is 11.8 Å². The summed E-state index contributed by atoms with van der Waals surface area (Å²) >= 11 is 0. The molecule has 0 aliphatic heterocycles. The van der Waals surface area contributed by atoms with Gasteiger partial charge in [-0.25, -0.2) is 0 Å². The molecule has 1 fully saturated rings. The molecule has 0 saturated heterocycles. The Labute approximate surface area is 111 Å². The first-order valence-corrected chi connectivity index (χ1v) is 6.99. The van der Waals surface area contributed by atoms with Crippen molar-refractivity contribution < 1.29 is 4.74 Å². The predicted molar refractivity (Wildman–Crippen MR) is 77.3 cm³/mol. The summed E-state index contributed by atoms with van der Waals surface area (Å²) in [6.07, 6.45) is 3.89. The third-order valence-corrected chi connectivity index (χ3v) is 3.89. The minimum absolute atomic E-state index is 0.583. The van der Waals surface area contributed by atoms with Gasteiger partial charge in [0.15, 0.2) is 0 Å². The number of benzene rings is 1. The van der Waals surface area contributed by atoms with Crippen LogP contribution in [0.15, 0.2) is 18.2 Å². The Morgan fingerprint density at radius 1 is 1.11 bits per heavy atom. The summed E-state index contributed by atoms with van der Waals surface area (Å²) in [5.41, 5.74) is 2.42. The molecule has 2 nitrogen and oxygen atoms in total. The van der Waals surface area contributed by atoms with E-state index >= 15 is 0 Å². The fraction of sp³-hybridized carbons (Fsp3) is 0.625. The van der Waals surface area contributed by atoms with Crippen molar-refractivity contribution in [3.63, 3.8) is 0 Å². The standard InChI is InChI=1S/C16H25NO/c1-11-5-6-16(18-4)15(10-11)17-14-8-12(2)7-13(3)9-14/h5-6,10,12-14,17H,7-9H2,1-4H3. The van der Waals surface area contributed by atoms with Crippen LogP contribution in [0.25, 0.3) is 0 Å². The van der Waals surface area contributed by atoms with Crippen LogP contribution in [-0.2, 0) is 0 Å². The van der Waals surface area contributed by atoms with Crippen molar-refractivity contribution in [1.82, 2.24) is 0 Å². The molecule has 0 heterocycles. The number of hydrogen-bond acceptors (Lipinski definition) is 2. The quantitative estimate of drug-likeness (QED) is 0.862. The second-order valence-corrected chi connectivity index (χ2v) is 5.96. The van der Waals surface area contributed by atoms with Gasteiger partial charge in [-0.1, -0.05) is 19.9 Å². The maximum atomic E-state index is 5.43. The SMILES string of the molecule is COc1ccc(C)cc1NC1CC(C)CC(C)C1. The zero-order chi connectivity index (χ0) is 13.1. The van der Waals surface area contributed by atoms with Gasteiger partial charge in [-0.3, -0.25) is 0 Å². The Balaban J connectivity index is 2.10. The molecule has 2 atom stereocenters. The van der Waals surface area contributed by atoms with Crippen molar-refractivity contribution in [3.05, 3.63) is 23.8 Å². The summed E-state index contributed by atoms with van der Waals surface area (Å²) in [7, 11) is 1.74. The Bertz CT molecular complexity index is 392. The van der Waals surface area contributed by atoms with E-state index in [1.54, 1.807) is 7.11 Å². The van der Waals surface area contributed by atoms with Gasteiger partial charge in [0.1, 0.15) is 5.75 Å². The summed E-state index contributed by atoms with van der Waals surface area (Å²) < 4.78 is 5.43. The van der Waals surface area contributed by atoms with Crippen molar-refractivity contribution in [2.45, 2.75) is 46.1 Å². The summed E-state index contributed by atoms with van der Waals surface area (Å²) in [6.45, 7) is 6.84. The number of anilines is 1. The number of ether oxygens (including phenoxy) is 1. The minimum Gasteiger partial charge on any atom is -0.495 e. The van der Waals surface area contributed by atoms with Gasteiger partial charge in [0, 0.05) is 6.04 Å². The molecule has 1 aliphatic rings. The van der Waals surface area contributed by atoms with E-state index in [9.17, 15) is 0 Å². The number of methoxy groups -OCH3 is 1. The van der Waals surface area contributed by atoms with E-state index in [0.29, 0.717) is 6.04 Å². The van der Waals surface area contributed by atoms with Crippen molar-refractivity contribution in [1.29, 1.82) is 0 Å². The number of nitrogens with one attached hydrogen (secondary N) is 1. The van der Waals surface area contributed by atoms with Crippen LogP contribution in [-0.4, -0.2) is 13.2 Å². The molecule has 0 radical (unpaired) electrons. The fourth-order valence-electron chi connectivity index (χ4n) is 3.22. The molecule has 0 aromatic heterocycles. The highest BCUT2D eigenvalue weighted by Crippen LogP contribution is 2.33. The van der Waals surface area contributed by atoms with E-state index in [2.05, 4.69) is 38.2 Å². The highest BCUT2D eigenvalue weighted by atomic mass is 16.5. The van der Waals surface area contributed by atoms with E-state index in [0.717, 1.165) is 23.3 Å². The van der Waals surface area contributed by atoms with Gasteiger partial charge in [-0.15, -0.1) is 0 Å². The lowest BCUT2D eigenvalue weighted by atomic mass is 9.80. The topological polar surface area (TPSA) is 21.3 Å². The van der Waals surface area contributed by atoms with Gasteiger partial charge in [0.05, 0.1) is 12.8 Å². The van der Waals surface area contributed by atoms with Crippen LogP contribution in [0, 0.1) is 18.8 Å². The van der Waals surface area contributed by atoms with E-state index < -0.39 is 0 Å². The number of rotatable bonds is 3. The fourth-order valence-corrected chi connectivity index (χ4v) is 3.22. The average molecular weight is 247 g/mol. The molecule has 0 spiro atoms. The Kier molecular flexibility index (Phi) is 4.15. The van der Waals surface area contributed by atoms with Gasteiger partial charge >= 0.3 is 0 Å². The van der Waals surface area contributed by atoms with Crippen LogP contribution in [0.5, 0.6) is 5.75 Å². The van der Waals surface area contributed by atoms with E-state index in [4.69, 9.17) is 4.74 Å². The van der Waals surface area contributed by atoms with Crippen LogP contribution in [0.4, 0.5) is 5.69 Å². The molecular formula is C16H25NO. The molecule has 2 rings (SSSR count). The average Bonchev–Trinajstić information content (AvgIpc) is 2.27. The molecular weight excluding hydrogens is 222 g/mol. The molecule has 0 amide bonds. The summed E-state index contributed by atoms with van der Waals surface area (Å²) in [5, 5.41) is 3.68. The van der Waals surface area contributed by atoms with Gasteiger partial charge in [-0.2, -0.15) is 0 Å². The van der Waals surface area contributed by atoms with Gasteiger partial charge in [0.25, 0.3) is 0 Å². The molecule has 0 bridgehead atoms. The van der Waals surface area contributed by atoms with Crippen LogP contribution < -0.4 is 10.1 Å². The number of hydrogen-bond donors (Lipinski definition) is 1. The number of aryl methyl sites for hydroxylation is 1. The van der Waals surface area contributed by atoms with Gasteiger partial charge < -0.3 is 10.1 Å². The normalized spacial score (nSPS) is 27.9. The van der Waals surface area contributed by atoms with Gasteiger partial charge in [0.2, 0.25) is 0 Å². The molecule has 1 aromatic rings. The van der Waals surface area contributed by atoms with Crippen LogP contribution in [0.3, 0.4) is 0 Å². The van der Waals surface area contributed by atoms with E-state index in [1.807, 2.05) is 6.07 Å². The Morgan fingerprint density at radius 2 is 1.78 bits per heavy atom. The summed E-state index contributed by atoms with van der Waals surface area (Å²) in [4.78, 5) is 0. The monoisotopic (exact) mass is 247 g/mol. The summed E-state index contributed by atoms with van der Waals surface area (Å²) in [5.74, 6) is 2.59. The maximum absolute atomic E-state index is 5.43. The minimum atomic E-state index is 0.583. The second-order valence-electron chi connectivity index (χ2n) is 5.96. The third-order valence-electron chi connectivity index (χ3n) is 3.89. The van der Waals surface area contributed by atoms with E-state index in [-0.39, 0.29) is 0 Å². The zero-order valence-electron chi connectivity index (χ0n) is 12.0. The largest absolute Gasteiger partial charge is 0.495 e. The smallest absolute Gasteiger partial charge is 0.141 e. The van der Waals surface area contributed by atoms with Crippen LogP contribution >= 0.6 is 0 Å². The third kappa shape index (κ3) is 3.18. The first kappa shape index (κ1) is 13.3. The lowest BCUT2D eigenvalue weighted by Crippen LogP contribution is -2.30. The molecule has 2 unspecified atom stereocenters. The van der Waals surface area contributed by atoms with Crippen molar-refractivity contribution in [2.75, 3.05) is 12.4 Å². The first-order chi connectivity index (χ1) is 8.58. The molecule has 18 heavy (non-hydrogen) atoms. The molecule has 100 valence electrons. The molecule has 1 N–H and O–H groups in total. The molecule has 1 aromatic carbocycles. The van der Waals surface area contributed by atoms with Crippen molar-refractivity contribution >= 4 is 5.69 Å². The molecule has 2 heteroatoms. The van der Waals surface area contributed by atoms with Crippen LogP contribution in [0.2, 0.25) is 0 Å². The van der Waals surface area contributed by atoms with Crippen LogP contribution in [0.1, 0.15) is 38.7 Å². The maximum Gasteiger partial charge on any atom is 0.141 e. The van der Waals surface area contributed by atoms with E-state index in [1.165, 1.54) is 24.8 Å².